The number of para-hydroxylation sites is 1. The molecule has 1 saturated carbocycles. The normalized spacial score (nSPS) is 21.8. The van der Waals surface area contributed by atoms with E-state index in [1.165, 1.54) is 6.42 Å². The van der Waals surface area contributed by atoms with Gasteiger partial charge >= 0.3 is 6.03 Å². The Morgan fingerprint density at radius 1 is 0.907 bits per heavy atom. The monoisotopic (exact) mass is 584 g/mol. The summed E-state index contributed by atoms with van der Waals surface area (Å²) in [6.45, 7) is 5.33. The van der Waals surface area contributed by atoms with Gasteiger partial charge in [-0.05, 0) is 68.9 Å². The molecule has 9 heteroatoms. The third kappa shape index (κ3) is 6.40. The van der Waals surface area contributed by atoms with Crippen molar-refractivity contribution in [1.82, 2.24) is 10.2 Å². The van der Waals surface area contributed by atoms with Gasteiger partial charge in [-0.1, -0.05) is 44.4 Å². The maximum Gasteiger partial charge on any atom is 0.321 e. The molecule has 3 fully saturated rings. The molecule has 9 nitrogen and oxygen atoms in total. The second kappa shape index (κ2) is 13.2. The molecule has 1 atom stereocenters. The first-order valence-electron chi connectivity index (χ1n) is 16.2. The largest absolute Gasteiger partial charge is 0.371 e. The highest BCUT2D eigenvalue weighted by molar-refractivity contribution is 6.14. The first-order valence-corrected chi connectivity index (χ1v) is 16.2. The van der Waals surface area contributed by atoms with Crippen molar-refractivity contribution in [2.45, 2.75) is 83.3 Å². The zero-order valence-corrected chi connectivity index (χ0v) is 25.3. The van der Waals surface area contributed by atoms with Gasteiger partial charge in [-0.3, -0.25) is 14.6 Å². The van der Waals surface area contributed by atoms with Crippen LogP contribution in [0.1, 0.15) is 76.7 Å². The minimum Gasteiger partial charge on any atom is -0.371 e. The molecule has 2 aromatic rings. The number of benzene rings is 2. The zero-order valence-electron chi connectivity index (χ0n) is 25.3. The number of aliphatic imine (C=N–C) groups is 1. The second-order valence-electron chi connectivity index (χ2n) is 12.3. The predicted molar refractivity (Wildman–Crippen MR) is 171 cm³/mol. The fraction of sp³-hybridized carbons (Fsp3) is 0.529. The highest BCUT2D eigenvalue weighted by atomic mass is 16.2. The number of hydrogen-bond donors (Lipinski definition) is 2. The number of carbonyl (C=O) groups is 3. The van der Waals surface area contributed by atoms with Gasteiger partial charge in [0.1, 0.15) is 0 Å². The number of hydrogen-bond acceptors (Lipinski definition) is 5. The van der Waals surface area contributed by atoms with Crippen LogP contribution in [0, 0.1) is 5.92 Å². The molecule has 0 spiro atoms. The van der Waals surface area contributed by atoms with Crippen molar-refractivity contribution < 1.29 is 14.4 Å². The lowest BCUT2D eigenvalue weighted by molar-refractivity contribution is -0.130. The van der Waals surface area contributed by atoms with E-state index in [0.29, 0.717) is 30.6 Å². The van der Waals surface area contributed by atoms with Crippen LogP contribution >= 0.6 is 0 Å². The molecule has 4 amide bonds. The number of benzodiazepines with no additional fused rings is 1. The van der Waals surface area contributed by atoms with E-state index in [0.717, 1.165) is 93.7 Å². The molecule has 2 aromatic carbocycles. The average Bonchev–Trinajstić information content (AvgIpc) is 3.44. The molecule has 6 rings (SSSR count). The standard InChI is InChI=1S/C34H44N6O3/c1-2-20-40-29-12-7-6-11-28(29)31(24-9-4-3-5-10-24)36-32(33(40)42)37-34(43)35-25-14-16-26(17-15-25)38-22-18-27(19-23-38)39-21-8-13-30(39)41/h6-7,11-12,14-17,24,27,32H,2-5,8-10,13,18-23H2,1H3,(H2,35,37,43). The second-order valence-corrected chi connectivity index (χ2v) is 12.3. The fourth-order valence-electron chi connectivity index (χ4n) is 7.24. The van der Waals surface area contributed by atoms with Gasteiger partial charge in [-0.15, -0.1) is 0 Å². The number of nitrogens with one attached hydrogen (secondary N) is 2. The Morgan fingerprint density at radius 3 is 2.35 bits per heavy atom. The third-order valence-corrected chi connectivity index (χ3v) is 9.45. The van der Waals surface area contributed by atoms with Crippen LogP contribution in [0.25, 0.3) is 0 Å². The smallest absolute Gasteiger partial charge is 0.321 e. The molecule has 0 bridgehead atoms. The Morgan fingerprint density at radius 2 is 1.65 bits per heavy atom. The molecular weight excluding hydrogens is 540 g/mol. The molecular formula is C34H44N6O3. The summed E-state index contributed by atoms with van der Waals surface area (Å²) in [7, 11) is 0. The molecule has 1 aliphatic carbocycles. The van der Waals surface area contributed by atoms with Crippen LogP contribution in [0.4, 0.5) is 21.9 Å². The van der Waals surface area contributed by atoms with Gasteiger partial charge in [0.05, 0.1) is 11.4 Å². The Balaban J connectivity index is 1.12. The van der Waals surface area contributed by atoms with Crippen LogP contribution in [0.2, 0.25) is 0 Å². The molecule has 3 heterocycles. The molecule has 2 N–H and O–H groups in total. The fourth-order valence-corrected chi connectivity index (χ4v) is 7.24. The van der Waals surface area contributed by atoms with E-state index in [9.17, 15) is 14.4 Å². The molecule has 3 aliphatic heterocycles. The van der Waals surface area contributed by atoms with E-state index in [4.69, 9.17) is 4.99 Å². The van der Waals surface area contributed by atoms with Gasteiger partial charge < -0.3 is 25.3 Å². The van der Waals surface area contributed by atoms with E-state index >= 15 is 0 Å². The van der Waals surface area contributed by atoms with Crippen molar-refractivity contribution in [3.8, 4) is 0 Å². The van der Waals surface area contributed by atoms with Gasteiger partial charge in [-0.2, -0.15) is 0 Å². The van der Waals surface area contributed by atoms with E-state index < -0.39 is 12.2 Å². The molecule has 43 heavy (non-hydrogen) atoms. The molecule has 1 unspecified atom stereocenters. The quantitative estimate of drug-likeness (QED) is 0.446. The highest BCUT2D eigenvalue weighted by Gasteiger charge is 2.35. The minimum atomic E-state index is -0.987. The van der Waals surface area contributed by atoms with Crippen molar-refractivity contribution in [2.75, 3.05) is 41.3 Å². The lowest BCUT2D eigenvalue weighted by atomic mass is 9.83. The Hall–Kier alpha value is -3.88. The van der Waals surface area contributed by atoms with Crippen LogP contribution in [0.3, 0.4) is 0 Å². The van der Waals surface area contributed by atoms with Crippen LogP contribution < -0.4 is 20.4 Å². The number of nitrogens with zero attached hydrogens (tertiary/aromatic N) is 4. The van der Waals surface area contributed by atoms with Crippen LogP contribution in [-0.2, 0) is 9.59 Å². The molecule has 4 aliphatic rings. The van der Waals surface area contributed by atoms with Gasteiger partial charge in [0.25, 0.3) is 5.91 Å². The lowest BCUT2D eigenvalue weighted by Gasteiger charge is -2.37. The molecule has 0 aromatic heterocycles. The number of piperidine rings is 1. The molecule has 0 radical (unpaired) electrons. The Bertz CT molecular complexity index is 1340. The SMILES string of the molecule is CCCN1C(=O)C(NC(=O)Nc2ccc(N3CCC(N4CCCC4=O)CC3)cc2)N=C(C2CCCCC2)c2ccccc21. The first kappa shape index (κ1) is 29.2. The highest BCUT2D eigenvalue weighted by Crippen LogP contribution is 2.34. The first-order chi connectivity index (χ1) is 21.0. The van der Waals surface area contributed by atoms with Crippen LogP contribution in [-0.4, -0.2) is 66.8 Å². The number of amides is 4. The van der Waals surface area contributed by atoms with E-state index in [2.05, 4.69) is 33.4 Å². The van der Waals surface area contributed by atoms with E-state index in [-0.39, 0.29) is 11.8 Å². The number of fused-ring (bicyclic) bond motifs is 1. The predicted octanol–water partition coefficient (Wildman–Crippen LogP) is 5.55. The van der Waals surface area contributed by atoms with Gasteiger partial charge in [0.15, 0.2) is 0 Å². The van der Waals surface area contributed by atoms with Gasteiger partial charge in [0, 0.05) is 61.5 Å². The van der Waals surface area contributed by atoms with Crippen molar-refractivity contribution in [3.63, 3.8) is 0 Å². The molecule has 2 saturated heterocycles. The Labute approximate surface area is 254 Å². The number of carbonyl (C=O) groups excluding carboxylic acids is 3. The number of rotatable bonds is 7. The van der Waals surface area contributed by atoms with E-state index in [1.807, 2.05) is 42.5 Å². The van der Waals surface area contributed by atoms with Gasteiger partial charge in [-0.25, -0.2) is 4.79 Å². The summed E-state index contributed by atoms with van der Waals surface area (Å²) in [5, 5.41) is 5.81. The number of urea groups is 1. The summed E-state index contributed by atoms with van der Waals surface area (Å²) < 4.78 is 0. The van der Waals surface area contributed by atoms with Crippen molar-refractivity contribution in [1.29, 1.82) is 0 Å². The van der Waals surface area contributed by atoms with Crippen LogP contribution in [0.15, 0.2) is 53.5 Å². The summed E-state index contributed by atoms with van der Waals surface area (Å²) in [6.07, 6.45) is 9.09. The summed E-state index contributed by atoms with van der Waals surface area (Å²) in [5.41, 5.74) is 4.59. The van der Waals surface area contributed by atoms with Crippen molar-refractivity contribution in [3.05, 3.63) is 54.1 Å². The molecule has 228 valence electrons. The third-order valence-electron chi connectivity index (χ3n) is 9.45. The lowest BCUT2D eigenvalue weighted by Crippen LogP contribution is -2.49. The topological polar surface area (TPSA) is 97.4 Å². The van der Waals surface area contributed by atoms with E-state index in [1.54, 1.807) is 4.90 Å². The van der Waals surface area contributed by atoms with Crippen LogP contribution in [0.5, 0.6) is 0 Å². The maximum atomic E-state index is 13.8. The summed E-state index contributed by atoms with van der Waals surface area (Å²) >= 11 is 0. The minimum absolute atomic E-state index is 0.204. The summed E-state index contributed by atoms with van der Waals surface area (Å²) in [6, 6.07) is 15.8. The van der Waals surface area contributed by atoms with Gasteiger partial charge in [0.2, 0.25) is 12.1 Å². The zero-order chi connectivity index (χ0) is 29.8. The van der Waals surface area contributed by atoms with Crippen molar-refractivity contribution in [2.24, 2.45) is 10.9 Å². The average molecular weight is 585 g/mol. The Kier molecular flexibility index (Phi) is 8.95. The number of likely N-dealkylation sites (tertiary alicyclic amines) is 1. The van der Waals surface area contributed by atoms with Crippen molar-refractivity contribution >= 4 is 40.6 Å². The summed E-state index contributed by atoms with van der Waals surface area (Å²) in [4.78, 5) is 50.4. The maximum absolute atomic E-state index is 13.8. The number of anilines is 3. The summed E-state index contributed by atoms with van der Waals surface area (Å²) in [5.74, 6) is 0.381.